The van der Waals surface area contributed by atoms with E-state index < -0.39 is 36.3 Å². The Bertz CT molecular complexity index is 1320. The lowest BCUT2D eigenvalue weighted by Crippen LogP contribution is -2.32. The van der Waals surface area contributed by atoms with Crippen LogP contribution in [0.3, 0.4) is 0 Å². The van der Waals surface area contributed by atoms with Crippen LogP contribution in [0.1, 0.15) is 12.0 Å². The lowest BCUT2D eigenvalue weighted by Gasteiger charge is -2.13. The van der Waals surface area contributed by atoms with E-state index in [1.165, 1.54) is 29.2 Å². The number of nitrogens with one attached hydrogen (secondary N) is 2. The zero-order valence-electron chi connectivity index (χ0n) is 17.1. The normalized spacial score (nSPS) is 13.3. The standard InChI is InChI=1S/C22H16F6N4O2/c23-21(24,25)14-2-4-15(5-3-14)32-11-13(9-30-32)12-1-6-17-16(7-12)18(10-29-17)31-20(34)8-19(33)22(26,27)28/h1-7,9-11,19,29,33H,8H2,(H,31,34). The number of hydrogen-bond acceptors (Lipinski definition) is 3. The van der Waals surface area contributed by atoms with Gasteiger partial charge in [0.2, 0.25) is 5.91 Å². The number of alkyl halides is 6. The van der Waals surface area contributed by atoms with Gasteiger partial charge in [-0.15, -0.1) is 0 Å². The SMILES string of the molecule is O=C(CC(O)C(F)(F)F)Nc1c[nH]c2ccc(-c3cnn(-c4ccc(C(F)(F)F)cc4)c3)cc12. The van der Waals surface area contributed by atoms with Gasteiger partial charge >= 0.3 is 12.4 Å². The van der Waals surface area contributed by atoms with Gasteiger partial charge in [0.05, 0.1) is 29.6 Å². The summed E-state index contributed by atoms with van der Waals surface area (Å²) in [6.45, 7) is 0. The molecule has 1 atom stereocenters. The number of aromatic nitrogens is 3. The molecule has 2 aromatic heterocycles. The number of nitrogens with zero attached hydrogens (tertiary/aromatic N) is 2. The Morgan fingerprint density at radius 3 is 2.41 bits per heavy atom. The molecule has 2 heterocycles. The van der Waals surface area contributed by atoms with Crippen molar-refractivity contribution in [3.05, 3.63) is 66.6 Å². The lowest BCUT2D eigenvalue weighted by atomic mass is 10.1. The van der Waals surface area contributed by atoms with Crippen LogP contribution < -0.4 is 5.32 Å². The molecule has 0 aliphatic carbocycles. The van der Waals surface area contributed by atoms with Crippen LogP contribution in [0.2, 0.25) is 0 Å². The van der Waals surface area contributed by atoms with Crippen molar-refractivity contribution in [2.45, 2.75) is 24.9 Å². The maximum atomic E-state index is 12.8. The molecule has 0 aliphatic rings. The highest BCUT2D eigenvalue weighted by molar-refractivity contribution is 6.03. The molecule has 1 unspecified atom stereocenters. The second kappa shape index (κ2) is 8.52. The first-order valence-electron chi connectivity index (χ1n) is 9.80. The zero-order chi connectivity index (χ0) is 24.7. The van der Waals surface area contributed by atoms with E-state index in [2.05, 4.69) is 15.4 Å². The van der Waals surface area contributed by atoms with Gasteiger partial charge in [-0.3, -0.25) is 4.79 Å². The van der Waals surface area contributed by atoms with Crippen molar-refractivity contribution in [2.75, 3.05) is 5.32 Å². The van der Waals surface area contributed by atoms with E-state index in [1.807, 2.05) is 0 Å². The third-order valence-electron chi connectivity index (χ3n) is 5.09. The van der Waals surface area contributed by atoms with Crippen molar-refractivity contribution in [1.82, 2.24) is 14.8 Å². The molecule has 0 saturated carbocycles. The number of benzene rings is 2. The van der Waals surface area contributed by atoms with Crippen molar-refractivity contribution in [3.8, 4) is 16.8 Å². The van der Waals surface area contributed by atoms with Gasteiger partial charge in [0, 0.05) is 28.9 Å². The second-order valence-electron chi connectivity index (χ2n) is 7.49. The summed E-state index contributed by atoms with van der Waals surface area (Å²) in [6, 6.07) is 9.60. The average molecular weight is 482 g/mol. The number of aliphatic hydroxyl groups is 1. The number of carbonyl (C=O) groups excluding carboxylic acids is 1. The Hall–Kier alpha value is -3.80. The van der Waals surface area contributed by atoms with E-state index in [0.717, 1.165) is 12.1 Å². The number of halogens is 6. The van der Waals surface area contributed by atoms with Gasteiger partial charge in [0.15, 0.2) is 6.10 Å². The molecular formula is C22H16F6N4O2. The van der Waals surface area contributed by atoms with Crippen LogP contribution in [0.4, 0.5) is 32.0 Å². The summed E-state index contributed by atoms with van der Waals surface area (Å²) in [4.78, 5) is 14.8. The summed E-state index contributed by atoms with van der Waals surface area (Å²) >= 11 is 0. The largest absolute Gasteiger partial charge is 0.416 e. The van der Waals surface area contributed by atoms with E-state index in [0.29, 0.717) is 27.7 Å². The van der Waals surface area contributed by atoms with Crippen molar-refractivity contribution in [3.63, 3.8) is 0 Å². The number of rotatable bonds is 5. The van der Waals surface area contributed by atoms with Gasteiger partial charge in [-0.1, -0.05) is 6.07 Å². The van der Waals surface area contributed by atoms with E-state index in [-0.39, 0.29) is 5.69 Å². The molecule has 0 fully saturated rings. The molecule has 34 heavy (non-hydrogen) atoms. The van der Waals surface area contributed by atoms with E-state index in [1.54, 1.807) is 24.4 Å². The summed E-state index contributed by atoms with van der Waals surface area (Å²) in [7, 11) is 0. The van der Waals surface area contributed by atoms with Gasteiger partial charge in [-0.05, 0) is 42.0 Å². The summed E-state index contributed by atoms with van der Waals surface area (Å²) in [5.41, 5.74) is 1.73. The molecule has 12 heteroatoms. The molecule has 178 valence electrons. The Kier molecular flexibility index (Phi) is 5.86. The number of anilines is 1. The maximum Gasteiger partial charge on any atom is 0.416 e. The average Bonchev–Trinajstić information content (AvgIpc) is 3.40. The highest BCUT2D eigenvalue weighted by Crippen LogP contribution is 2.31. The molecule has 0 bridgehead atoms. The smallest absolute Gasteiger partial charge is 0.383 e. The van der Waals surface area contributed by atoms with Crippen molar-refractivity contribution in [1.29, 1.82) is 0 Å². The third kappa shape index (κ3) is 4.91. The quantitative estimate of drug-likeness (QED) is 0.338. The molecule has 3 N–H and O–H groups in total. The molecule has 0 spiro atoms. The fourth-order valence-electron chi connectivity index (χ4n) is 3.31. The number of carbonyl (C=O) groups is 1. The first-order chi connectivity index (χ1) is 15.9. The predicted octanol–water partition coefficient (Wildman–Crippen LogP) is 5.29. The minimum Gasteiger partial charge on any atom is -0.383 e. The Morgan fingerprint density at radius 2 is 1.76 bits per heavy atom. The molecule has 0 saturated heterocycles. The number of H-pyrrole nitrogens is 1. The highest BCUT2D eigenvalue weighted by atomic mass is 19.4. The van der Waals surface area contributed by atoms with E-state index in [4.69, 9.17) is 5.11 Å². The third-order valence-corrected chi connectivity index (χ3v) is 5.09. The summed E-state index contributed by atoms with van der Waals surface area (Å²) in [5, 5.41) is 16.1. The maximum absolute atomic E-state index is 12.8. The number of aliphatic hydroxyl groups excluding tert-OH is 1. The number of aromatic amines is 1. The van der Waals surface area contributed by atoms with Gasteiger partial charge < -0.3 is 15.4 Å². The van der Waals surface area contributed by atoms with Crippen LogP contribution in [0, 0.1) is 0 Å². The monoisotopic (exact) mass is 482 g/mol. The topological polar surface area (TPSA) is 82.9 Å². The van der Waals surface area contributed by atoms with Crippen molar-refractivity contribution < 1.29 is 36.2 Å². The van der Waals surface area contributed by atoms with Gasteiger partial charge in [0.25, 0.3) is 0 Å². The molecule has 0 radical (unpaired) electrons. The Labute approximate surface area is 187 Å². The van der Waals surface area contributed by atoms with E-state index >= 15 is 0 Å². The van der Waals surface area contributed by atoms with Crippen molar-refractivity contribution >= 4 is 22.5 Å². The first-order valence-corrected chi connectivity index (χ1v) is 9.80. The molecule has 2 aromatic carbocycles. The Morgan fingerprint density at radius 1 is 1.06 bits per heavy atom. The molecule has 4 rings (SSSR count). The van der Waals surface area contributed by atoms with Crippen LogP contribution >= 0.6 is 0 Å². The lowest BCUT2D eigenvalue weighted by molar-refractivity contribution is -0.205. The van der Waals surface area contributed by atoms with Gasteiger partial charge in [-0.25, -0.2) is 4.68 Å². The fourth-order valence-corrected chi connectivity index (χ4v) is 3.31. The van der Waals surface area contributed by atoms with Crippen LogP contribution in [-0.2, 0) is 11.0 Å². The molecular weight excluding hydrogens is 466 g/mol. The van der Waals surface area contributed by atoms with E-state index in [9.17, 15) is 31.1 Å². The summed E-state index contributed by atoms with van der Waals surface area (Å²) in [6.07, 6.45) is -8.74. The molecule has 6 nitrogen and oxygen atoms in total. The zero-order valence-corrected chi connectivity index (χ0v) is 17.1. The summed E-state index contributed by atoms with van der Waals surface area (Å²) in [5.74, 6) is -1.01. The van der Waals surface area contributed by atoms with Crippen molar-refractivity contribution in [2.24, 2.45) is 0 Å². The second-order valence-corrected chi connectivity index (χ2v) is 7.49. The molecule has 1 amide bonds. The van der Waals surface area contributed by atoms with Crippen LogP contribution in [0.25, 0.3) is 27.7 Å². The minimum atomic E-state index is -4.90. The Balaban J connectivity index is 1.56. The number of hydrogen-bond donors (Lipinski definition) is 3. The predicted molar refractivity (Wildman–Crippen MR) is 111 cm³/mol. The van der Waals surface area contributed by atoms with Crippen LogP contribution in [0.5, 0.6) is 0 Å². The minimum absolute atomic E-state index is 0.228. The number of fused-ring (bicyclic) bond motifs is 1. The summed E-state index contributed by atoms with van der Waals surface area (Å²) < 4.78 is 77.1. The molecule has 0 aliphatic heterocycles. The van der Waals surface area contributed by atoms with Crippen LogP contribution in [-0.4, -0.2) is 38.1 Å². The highest BCUT2D eigenvalue weighted by Gasteiger charge is 2.39. The van der Waals surface area contributed by atoms with Gasteiger partial charge in [-0.2, -0.15) is 31.4 Å². The number of amides is 1. The first kappa shape index (κ1) is 23.4. The fraction of sp³-hybridized carbons (Fsp3) is 0.182. The van der Waals surface area contributed by atoms with Gasteiger partial charge in [0.1, 0.15) is 0 Å². The van der Waals surface area contributed by atoms with Crippen LogP contribution in [0.15, 0.2) is 61.1 Å². The molecule has 4 aromatic rings.